The van der Waals surface area contributed by atoms with Gasteiger partial charge < -0.3 is 0 Å². The smallest absolute Gasteiger partial charge is 0.0746 e. The Bertz CT molecular complexity index is 398. The fourth-order valence-electron chi connectivity index (χ4n) is 1.19. The van der Waals surface area contributed by atoms with E-state index in [0.29, 0.717) is 4.83 Å². The molecular formula is C10H8Br2S2. The monoisotopic (exact) mass is 350 g/mol. The molecule has 0 aliphatic rings. The molecule has 0 nitrogen and oxygen atoms in total. The highest BCUT2D eigenvalue weighted by molar-refractivity contribution is 9.11. The number of halogens is 2. The van der Waals surface area contributed by atoms with Crippen LogP contribution in [0, 0.1) is 6.92 Å². The first-order valence-corrected chi connectivity index (χ1v) is 7.57. The minimum atomic E-state index is 0.337. The van der Waals surface area contributed by atoms with Gasteiger partial charge in [0.15, 0.2) is 0 Å². The summed E-state index contributed by atoms with van der Waals surface area (Å²) < 4.78 is 1.23. The maximum atomic E-state index is 3.72. The van der Waals surface area contributed by atoms with E-state index in [1.807, 2.05) is 0 Å². The quantitative estimate of drug-likeness (QED) is 0.638. The summed E-state index contributed by atoms with van der Waals surface area (Å²) in [7, 11) is 0. The molecule has 0 aliphatic carbocycles. The van der Waals surface area contributed by atoms with Gasteiger partial charge in [-0.05, 0) is 56.9 Å². The average molecular weight is 352 g/mol. The van der Waals surface area contributed by atoms with Gasteiger partial charge in [0.05, 0.1) is 8.61 Å². The Kier molecular flexibility index (Phi) is 3.47. The molecule has 2 heterocycles. The van der Waals surface area contributed by atoms with Crippen LogP contribution in [0.1, 0.15) is 20.8 Å². The molecule has 1 atom stereocenters. The van der Waals surface area contributed by atoms with Gasteiger partial charge in [-0.2, -0.15) is 11.3 Å². The lowest BCUT2D eigenvalue weighted by Crippen LogP contribution is -1.84. The van der Waals surface area contributed by atoms with E-state index in [2.05, 4.69) is 61.7 Å². The van der Waals surface area contributed by atoms with Crippen molar-refractivity contribution in [3.63, 3.8) is 0 Å². The maximum absolute atomic E-state index is 3.72. The van der Waals surface area contributed by atoms with Crippen LogP contribution in [0.3, 0.4) is 0 Å². The average Bonchev–Trinajstić information content (AvgIpc) is 2.76. The van der Waals surface area contributed by atoms with E-state index in [-0.39, 0.29) is 0 Å². The van der Waals surface area contributed by atoms with Crippen LogP contribution in [0.2, 0.25) is 0 Å². The first-order valence-electron chi connectivity index (χ1n) is 4.10. The van der Waals surface area contributed by atoms with Gasteiger partial charge in [0.2, 0.25) is 0 Å². The number of thiophene rings is 2. The Morgan fingerprint density at radius 3 is 2.71 bits per heavy atom. The highest BCUT2D eigenvalue weighted by atomic mass is 79.9. The first-order chi connectivity index (χ1) is 6.68. The van der Waals surface area contributed by atoms with E-state index in [1.54, 1.807) is 22.7 Å². The second-order valence-electron chi connectivity index (χ2n) is 3.02. The molecule has 0 spiro atoms. The van der Waals surface area contributed by atoms with E-state index in [1.165, 1.54) is 19.8 Å². The molecule has 14 heavy (non-hydrogen) atoms. The van der Waals surface area contributed by atoms with Gasteiger partial charge in [-0.25, -0.2) is 0 Å². The highest BCUT2D eigenvalue weighted by Gasteiger charge is 2.14. The van der Waals surface area contributed by atoms with Gasteiger partial charge >= 0.3 is 0 Å². The van der Waals surface area contributed by atoms with E-state index < -0.39 is 0 Å². The molecular weight excluding hydrogens is 344 g/mol. The molecule has 74 valence electrons. The third kappa shape index (κ3) is 2.13. The molecule has 0 aromatic carbocycles. The summed E-state index contributed by atoms with van der Waals surface area (Å²) in [6.07, 6.45) is 0. The zero-order valence-corrected chi connectivity index (χ0v) is 12.3. The Balaban J connectivity index is 2.32. The maximum Gasteiger partial charge on any atom is 0.0746 e. The molecule has 0 aliphatic heterocycles. The van der Waals surface area contributed by atoms with Gasteiger partial charge in [-0.15, -0.1) is 11.3 Å². The van der Waals surface area contributed by atoms with Crippen molar-refractivity contribution >= 4 is 54.5 Å². The second-order valence-corrected chi connectivity index (χ2v) is 7.12. The molecule has 0 amide bonds. The summed E-state index contributed by atoms with van der Waals surface area (Å²) in [6, 6.07) is 4.39. The summed E-state index contributed by atoms with van der Waals surface area (Å²) in [5.74, 6) is 0. The summed E-state index contributed by atoms with van der Waals surface area (Å²) in [4.78, 5) is 1.69. The molecule has 1 unspecified atom stereocenters. The van der Waals surface area contributed by atoms with Crippen molar-refractivity contribution in [1.82, 2.24) is 0 Å². The largest absolute Gasteiger partial charge is 0.152 e. The van der Waals surface area contributed by atoms with E-state index in [4.69, 9.17) is 0 Å². The topological polar surface area (TPSA) is 0 Å². The van der Waals surface area contributed by atoms with Crippen LogP contribution < -0.4 is 0 Å². The standard InChI is InChI=1S/C10H8Br2S2/c1-6-4-8(14-10(6)12)9(11)7-2-3-13-5-7/h2-5,9H,1H3. The number of hydrogen-bond donors (Lipinski definition) is 0. The van der Waals surface area contributed by atoms with Crippen molar-refractivity contribution in [2.45, 2.75) is 11.8 Å². The van der Waals surface area contributed by atoms with Crippen LogP contribution in [-0.2, 0) is 0 Å². The Morgan fingerprint density at radius 1 is 1.43 bits per heavy atom. The molecule has 2 aromatic rings. The fraction of sp³-hybridized carbons (Fsp3) is 0.200. The number of rotatable bonds is 2. The lowest BCUT2D eigenvalue weighted by atomic mass is 10.2. The number of hydrogen-bond acceptors (Lipinski definition) is 2. The van der Waals surface area contributed by atoms with Gasteiger partial charge in [0.25, 0.3) is 0 Å². The van der Waals surface area contributed by atoms with Crippen molar-refractivity contribution in [2.75, 3.05) is 0 Å². The molecule has 0 saturated carbocycles. The SMILES string of the molecule is Cc1cc(C(Br)c2ccsc2)sc1Br. The van der Waals surface area contributed by atoms with Gasteiger partial charge in [0.1, 0.15) is 0 Å². The van der Waals surface area contributed by atoms with Crippen molar-refractivity contribution in [3.05, 3.63) is 42.7 Å². The predicted molar refractivity (Wildman–Crippen MR) is 71.8 cm³/mol. The summed E-state index contributed by atoms with van der Waals surface area (Å²) >= 11 is 10.8. The van der Waals surface area contributed by atoms with Crippen LogP contribution in [0.5, 0.6) is 0 Å². The summed E-state index contributed by atoms with van der Waals surface area (Å²) in [5, 5.41) is 4.29. The van der Waals surface area contributed by atoms with Gasteiger partial charge in [-0.1, -0.05) is 15.9 Å². The fourth-order valence-corrected chi connectivity index (χ4v) is 4.33. The second kappa shape index (κ2) is 4.47. The van der Waals surface area contributed by atoms with Crippen LogP contribution in [0.25, 0.3) is 0 Å². The lowest BCUT2D eigenvalue weighted by Gasteiger charge is -2.03. The highest BCUT2D eigenvalue weighted by Crippen LogP contribution is 2.39. The molecule has 2 rings (SSSR count). The first kappa shape index (κ1) is 10.9. The molecule has 0 fully saturated rings. The molecule has 0 radical (unpaired) electrons. The zero-order chi connectivity index (χ0) is 10.1. The van der Waals surface area contributed by atoms with Crippen molar-refractivity contribution in [1.29, 1.82) is 0 Å². The molecule has 0 N–H and O–H groups in total. The Hall–Kier alpha value is 0.360. The summed E-state index contributed by atoms with van der Waals surface area (Å²) in [6.45, 7) is 2.12. The Morgan fingerprint density at radius 2 is 2.21 bits per heavy atom. The van der Waals surface area contributed by atoms with Crippen molar-refractivity contribution < 1.29 is 0 Å². The van der Waals surface area contributed by atoms with Crippen molar-refractivity contribution in [2.24, 2.45) is 0 Å². The van der Waals surface area contributed by atoms with Crippen LogP contribution in [0.4, 0.5) is 0 Å². The third-order valence-corrected chi connectivity index (χ3v) is 6.19. The number of alkyl halides is 1. The van der Waals surface area contributed by atoms with Crippen molar-refractivity contribution in [3.8, 4) is 0 Å². The molecule has 2 aromatic heterocycles. The van der Waals surface area contributed by atoms with Crippen LogP contribution in [-0.4, -0.2) is 0 Å². The normalized spacial score (nSPS) is 13.1. The van der Waals surface area contributed by atoms with E-state index in [0.717, 1.165) is 0 Å². The zero-order valence-electron chi connectivity index (χ0n) is 7.46. The minimum Gasteiger partial charge on any atom is -0.152 e. The Labute approximate surface area is 108 Å². The van der Waals surface area contributed by atoms with Crippen LogP contribution in [0.15, 0.2) is 26.7 Å². The van der Waals surface area contributed by atoms with Crippen LogP contribution >= 0.6 is 54.5 Å². The lowest BCUT2D eigenvalue weighted by molar-refractivity contribution is 1.24. The van der Waals surface area contributed by atoms with E-state index in [9.17, 15) is 0 Å². The predicted octanol–water partition coefficient (Wildman–Crippen LogP) is 5.36. The third-order valence-electron chi connectivity index (χ3n) is 1.96. The van der Waals surface area contributed by atoms with E-state index >= 15 is 0 Å². The van der Waals surface area contributed by atoms with Gasteiger partial charge in [0, 0.05) is 4.88 Å². The molecule has 0 saturated heterocycles. The number of aryl methyl sites for hydroxylation is 1. The minimum absolute atomic E-state index is 0.337. The molecule has 0 bridgehead atoms. The van der Waals surface area contributed by atoms with Gasteiger partial charge in [-0.3, -0.25) is 0 Å². The molecule has 4 heteroatoms. The summed E-state index contributed by atoms with van der Waals surface area (Å²) in [5.41, 5.74) is 2.65.